The average Bonchev–Trinajstić information content (AvgIpc) is 4.05. The highest BCUT2D eigenvalue weighted by Crippen LogP contribution is 2.47. The minimum atomic E-state index is 0.573. The number of nitrogens with zero attached hydrogens (tertiary/aromatic N) is 3. The van der Waals surface area contributed by atoms with E-state index < -0.39 is 0 Å². The second-order valence-corrected chi connectivity index (χ2v) is 19.3. The Morgan fingerprint density at radius 1 is 0.278 bits per heavy atom. The first-order chi connectivity index (χ1) is 35.7. The molecule has 0 bridgehead atoms. The maximum atomic E-state index is 6.52. The number of aromatic nitrogens is 3. The number of fused-ring (bicyclic) bond motifs is 8. The molecule has 0 spiro atoms. The lowest BCUT2D eigenvalue weighted by Gasteiger charge is -2.15. The fourth-order valence-electron chi connectivity index (χ4n) is 10.5. The Labute approximate surface area is 419 Å². The molecular weight excluding hydrogens is 895 g/mol. The van der Waals surface area contributed by atoms with E-state index >= 15 is 0 Å². The van der Waals surface area contributed by atoms with E-state index in [0.29, 0.717) is 17.5 Å². The van der Waals surface area contributed by atoms with Crippen LogP contribution in [0.3, 0.4) is 0 Å². The van der Waals surface area contributed by atoms with Gasteiger partial charge in [-0.1, -0.05) is 194 Å². The smallest absolute Gasteiger partial charge is 0.164 e. The lowest BCUT2D eigenvalue weighted by molar-refractivity contribution is 0.669. The molecule has 0 aliphatic heterocycles. The van der Waals surface area contributed by atoms with Crippen molar-refractivity contribution in [1.29, 1.82) is 0 Å². The molecule has 14 rings (SSSR count). The van der Waals surface area contributed by atoms with E-state index in [2.05, 4.69) is 212 Å². The lowest BCUT2D eigenvalue weighted by atomic mass is 9.89. The Morgan fingerprint density at radius 3 is 1.61 bits per heavy atom. The Hall–Kier alpha value is -9.29. The van der Waals surface area contributed by atoms with Gasteiger partial charge in [-0.2, -0.15) is 0 Å². The SMILES string of the molecule is c1ccc(-c2cc(-c3cccc(-c4ccccc4-c4cc5ccccc5c5c4sc4ccccc45)c3)cc(-c3nc(-c4ccccc4)nc(-c4cccc5oc6ccc(-c7ccccc7)cc6c45)n3)c2)cc1. The van der Waals surface area contributed by atoms with E-state index in [1.807, 2.05) is 47.7 Å². The Kier molecular flexibility index (Phi) is 10.0. The molecule has 0 aliphatic rings. The second-order valence-electron chi connectivity index (χ2n) is 18.3. The van der Waals surface area contributed by atoms with E-state index in [1.54, 1.807) is 0 Å². The molecule has 14 aromatic rings. The molecule has 0 saturated carbocycles. The van der Waals surface area contributed by atoms with Crippen molar-refractivity contribution in [3.8, 4) is 89.8 Å². The molecule has 3 aromatic heterocycles. The summed E-state index contributed by atoms with van der Waals surface area (Å²) in [5.74, 6) is 1.75. The topological polar surface area (TPSA) is 51.8 Å². The summed E-state index contributed by atoms with van der Waals surface area (Å²) < 4.78 is 9.12. The highest BCUT2D eigenvalue weighted by atomic mass is 32.1. The first kappa shape index (κ1) is 41.7. The van der Waals surface area contributed by atoms with Crippen LogP contribution in [0.2, 0.25) is 0 Å². The van der Waals surface area contributed by atoms with Crippen LogP contribution < -0.4 is 0 Å². The third kappa shape index (κ3) is 7.26. The molecule has 0 unspecified atom stereocenters. The maximum absolute atomic E-state index is 6.52. The van der Waals surface area contributed by atoms with Crippen LogP contribution in [-0.2, 0) is 0 Å². The Balaban J connectivity index is 0.944. The van der Waals surface area contributed by atoms with Gasteiger partial charge in [0.25, 0.3) is 0 Å². The Morgan fingerprint density at radius 2 is 0.819 bits per heavy atom. The zero-order valence-corrected chi connectivity index (χ0v) is 39.6. The second kappa shape index (κ2) is 17.3. The summed E-state index contributed by atoms with van der Waals surface area (Å²) in [6, 6.07) is 88.3. The highest BCUT2D eigenvalue weighted by Gasteiger charge is 2.21. The Bertz CT molecular complexity index is 4390. The van der Waals surface area contributed by atoms with Gasteiger partial charge in [-0.25, -0.2) is 15.0 Å². The van der Waals surface area contributed by atoms with Crippen LogP contribution in [-0.4, -0.2) is 15.0 Å². The summed E-state index contributed by atoms with van der Waals surface area (Å²) in [6.07, 6.45) is 0. The molecule has 72 heavy (non-hydrogen) atoms. The standard InChI is InChI=1S/C67H41N3OS/c1-4-18-42(19-5-1)46-34-35-59-58(40-46)62-56(31-17-32-60(62)71-59)67-69-65(44-22-8-3-9-23-44)68-66(70-67)51-38-49(43-20-6-2-7-21-43)37-50(39-51)45-25-16-26-47(36-45)52-27-12-13-29-54(52)57-41-48-24-10-11-28-53(48)63-55-30-14-15-33-61(55)72-64(57)63/h1-41H. The van der Waals surface area contributed by atoms with Crippen LogP contribution in [0.4, 0.5) is 0 Å². The summed E-state index contributed by atoms with van der Waals surface area (Å²) in [7, 11) is 0. The van der Waals surface area contributed by atoms with Crippen molar-refractivity contribution in [2.75, 3.05) is 0 Å². The van der Waals surface area contributed by atoms with Gasteiger partial charge in [0.05, 0.1) is 0 Å². The van der Waals surface area contributed by atoms with Crippen LogP contribution in [0.1, 0.15) is 0 Å². The van der Waals surface area contributed by atoms with Crippen molar-refractivity contribution in [1.82, 2.24) is 15.0 Å². The summed E-state index contributed by atoms with van der Waals surface area (Å²) in [6.45, 7) is 0. The summed E-state index contributed by atoms with van der Waals surface area (Å²) in [5, 5.41) is 7.12. The van der Waals surface area contributed by atoms with Crippen molar-refractivity contribution < 1.29 is 4.42 Å². The zero-order chi connectivity index (χ0) is 47.5. The molecule has 0 radical (unpaired) electrons. The number of hydrogen-bond acceptors (Lipinski definition) is 5. The molecule has 0 N–H and O–H groups in total. The normalized spacial score (nSPS) is 11.6. The number of benzene rings is 11. The molecule has 0 atom stereocenters. The van der Waals surface area contributed by atoms with Crippen molar-refractivity contribution in [3.63, 3.8) is 0 Å². The molecule has 11 aromatic carbocycles. The molecule has 336 valence electrons. The number of hydrogen-bond donors (Lipinski definition) is 0. The van der Waals surface area contributed by atoms with Gasteiger partial charge < -0.3 is 4.42 Å². The van der Waals surface area contributed by atoms with Gasteiger partial charge in [0, 0.05) is 53.2 Å². The number of rotatable bonds is 8. The minimum absolute atomic E-state index is 0.573. The van der Waals surface area contributed by atoms with Gasteiger partial charge in [-0.05, 0) is 115 Å². The molecule has 0 amide bonds. The van der Waals surface area contributed by atoms with E-state index in [9.17, 15) is 0 Å². The lowest BCUT2D eigenvalue weighted by Crippen LogP contribution is -2.01. The summed E-state index contributed by atoms with van der Waals surface area (Å²) >= 11 is 1.88. The number of furan rings is 1. The van der Waals surface area contributed by atoms with Crippen LogP contribution in [0.25, 0.3) is 143 Å². The zero-order valence-electron chi connectivity index (χ0n) is 38.8. The van der Waals surface area contributed by atoms with E-state index in [1.165, 1.54) is 47.6 Å². The van der Waals surface area contributed by atoms with Gasteiger partial charge in [-0.15, -0.1) is 11.3 Å². The highest BCUT2D eigenvalue weighted by molar-refractivity contribution is 7.26. The van der Waals surface area contributed by atoms with Crippen molar-refractivity contribution in [2.45, 2.75) is 0 Å². The van der Waals surface area contributed by atoms with Crippen LogP contribution >= 0.6 is 11.3 Å². The monoisotopic (exact) mass is 935 g/mol. The van der Waals surface area contributed by atoms with Crippen molar-refractivity contribution in [3.05, 3.63) is 249 Å². The largest absolute Gasteiger partial charge is 0.456 e. The van der Waals surface area contributed by atoms with Gasteiger partial charge in [0.15, 0.2) is 17.5 Å². The van der Waals surface area contributed by atoms with Crippen molar-refractivity contribution >= 4 is 64.2 Å². The van der Waals surface area contributed by atoms with E-state index in [4.69, 9.17) is 19.4 Å². The summed E-state index contributed by atoms with van der Waals surface area (Å²) in [5.41, 5.74) is 15.6. The minimum Gasteiger partial charge on any atom is -0.456 e. The molecule has 5 heteroatoms. The van der Waals surface area contributed by atoms with Gasteiger partial charge >= 0.3 is 0 Å². The quantitative estimate of drug-likeness (QED) is 0.152. The predicted molar refractivity (Wildman–Crippen MR) is 301 cm³/mol. The number of thiophene rings is 1. The molecule has 4 nitrogen and oxygen atoms in total. The van der Waals surface area contributed by atoms with Crippen molar-refractivity contribution in [2.24, 2.45) is 0 Å². The fraction of sp³-hybridized carbons (Fsp3) is 0. The molecule has 0 aliphatic carbocycles. The van der Waals surface area contributed by atoms with E-state index in [0.717, 1.165) is 77.6 Å². The van der Waals surface area contributed by atoms with Crippen LogP contribution in [0.5, 0.6) is 0 Å². The van der Waals surface area contributed by atoms with E-state index in [-0.39, 0.29) is 0 Å². The average molecular weight is 936 g/mol. The molecule has 0 fully saturated rings. The van der Waals surface area contributed by atoms with Crippen LogP contribution in [0, 0.1) is 0 Å². The van der Waals surface area contributed by atoms with Gasteiger partial charge in [0.1, 0.15) is 11.2 Å². The maximum Gasteiger partial charge on any atom is 0.164 e. The third-order valence-corrected chi connectivity index (χ3v) is 15.1. The van der Waals surface area contributed by atoms with Gasteiger partial charge in [-0.3, -0.25) is 0 Å². The third-order valence-electron chi connectivity index (χ3n) is 13.9. The predicted octanol–water partition coefficient (Wildman–Crippen LogP) is 18.6. The van der Waals surface area contributed by atoms with Crippen LogP contribution in [0.15, 0.2) is 253 Å². The first-order valence-electron chi connectivity index (χ1n) is 24.2. The molecule has 0 saturated heterocycles. The first-order valence-corrected chi connectivity index (χ1v) is 25.1. The molecule has 3 heterocycles. The summed E-state index contributed by atoms with van der Waals surface area (Å²) in [4.78, 5) is 15.9. The fourth-order valence-corrected chi connectivity index (χ4v) is 11.7. The molecular formula is C67H41N3OS. The van der Waals surface area contributed by atoms with Gasteiger partial charge in [0.2, 0.25) is 0 Å².